The summed E-state index contributed by atoms with van der Waals surface area (Å²) in [7, 11) is 4.14. The molecule has 5 nitrogen and oxygen atoms in total. The SMILES string of the molecule is CC(C)c1cc(C(=O)O)cc(N(C)CC2CCN(C)C2)n1. The molecule has 1 atom stereocenters. The predicted octanol–water partition coefficient (Wildman–Crippen LogP) is 2.29. The Morgan fingerprint density at radius 1 is 1.52 bits per heavy atom. The van der Waals surface area contributed by atoms with E-state index in [1.54, 1.807) is 12.1 Å². The van der Waals surface area contributed by atoms with E-state index in [0.717, 1.165) is 31.1 Å². The molecule has 1 aliphatic heterocycles. The molecule has 5 heteroatoms. The van der Waals surface area contributed by atoms with Crippen molar-refractivity contribution in [1.82, 2.24) is 9.88 Å². The molecule has 1 saturated heterocycles. The quantitative estimate of drug-likeness (QED) is 0.902. The summed E-state index contributed by atoms with van der Waals surface area (Å²) in [6.07, 6.45) is 1.19. The van der Waals surface area contributed by atoms with E-state index in [9.17, 15) is 9.90 Å². The number of pyridine rings is 1. The van der Waals surface area contributed by atoms with Gasteiger partial charge in [-0.05, 0) is 44.0 Å². The first-order valence-electron chi connectivity index (χ1n) is 7.51. The van der Waals surface area contributed by atoms with Gasteiger partial charge in [0.05, 0.1) is 5.56 Å². The summed E-state index contributed by atoms with van der Waals surface area (Å²) in [6.45, 7) is 7.21. The monoisotopic (exact) mass is 291 g/mol. The first-order valence-corrected chi connectivity index (χ1v) is 7.51. The topological polar surface area (TPSA) is 56.7 Å². The molecule has 0 saturated carbocycles. The summed E-state index contributed by atoms with van der Waals surface area (Å²) in [4.78, 5) is 20.3. The number of hydrogen-bond donors (Lipinski definition) is 1. The standard InChI is InChI=1S/C16H25N3O2/c1-11(2)14-7-13(16(20)21)8-15(17-14)19(4)10-12-5-6-18(3)9-12/h7-8,11-12H,5-6,9-10H2,1-4H3,(H,20,21). The number of anilines is 1. The molecule has 0 spiro atoms. The molecule has 21 heavy (non-hydrogen) atoms. The smallest absolute Gasteiger partial charge is 0.335 e. The van der Waals surface area contributed by atoms with E-state index in [4.69, 9.17) is 0 Å². The zero-order chi connectivity index (χ0) is 15.6. The molecule has 1 aromatic heterocycles. The van der Waals surface area contributed by atoms with E-state index in [1.807, 2.05) is 20.9 Å². The lowest BCUT2D eigenvalue weighted by molar-refractivity contribution is 0.0696. The first kappa shape index (κ1) is 15.8. The number of carbonyl (C=O) groups is 1. The van der Waals surface area contributed by atoms with Gasteiger partial charge in [-0.3, -0.25) is 0 Å². The van der Waals surface area contributed by atoms with Crippen LogP contribution in [0.3, 0.4) is 0 Å². The molecule has 116 valence electrons. The van der Waals surface area contributed by atoms with Crippen molar-refractivity contribution in [2.24, 2.45) is 5.92 Å². The fraction of sp³-hybridized carbons (Fsp3) is 0.625. The lowest BCUT2D eigenvalue weighted by Crippen LogP contribution is -2.28. The maximum Gasteiger partial charge on any atom is 0.335 e. The second kappa shape index (κ2) is 6.43. The van der Waals surface area contributed by atoms with Crippen LogP contribution in [-0.4, -0.2) is 54.7 Å². The minimum atomic E-state index is -0.894. The van der Waals surface area contributed by atoms with Gasteiger partial charge in [0.15, 0.2) is 0 Å². The Morgan fingerprint density at radius 3 is 2.76 bits per heavy atom. The second-order valence-corrected chi connectivity index (χ2v) is 6.40. The molecule has 0 radical (unpaired) electrons. The number of rotatable bonds is 5. The summed E-state index contributed by atoms with van der Waals surface area (Å²) in [5.41, 5.74) is 1.15. The van der Waals surface area contributed by atoms with Crippen LogP contribution in [0.25, 0.3) is 0 Å². The average Bonchev–Trinajstić information content (AvgIpc) is 2.83. The van der Waals surface area contributed by atoms with Crippen LogP contribution < -0.4 is 4.90 Å². The van der Waals surface area contributed by atoms with Crippen molar-refractivity contribution < 1.29 is 9.90 Å². The summed E-state index contributed by atoms with van der Waals surface area (Å²) < 4.78 is 0. The maximum atomic E-state index is 11.3. The van der Waals surface area contributed by atoms with Gasteiger partial charge >= 0.3 is 5.97 Å². The van der Waals surface area contributed by atoms with Gasteiger partial charge in [-0.2, -0.15) is 0 Å². The third-order valence-electron chi connectivity index (χ3n) is 4.08. The molecule has 1 aromatic rings. The minimum Gasteiger partial charge on any atom is -0.478 e. The molecular formula is C16H25N3O2. The number of nitrogens with zero attached hydrogens (tertiary/aromatic N) is 3. The zero-order valence-electron chi connectivity index (χ0n) is 13.3. The third kappa shape index (κ3) is 3.94. The van der Waals surface area contributed by atoms with Crippen LogP contribution >= 0.6 is 0 Å². The van der Waals surface area contributed by atoms with Gasteiger partial charge < -0.3 is 14.9 Å². The highest BCUT2D eigenvalue weighted by Crippen LogP contribution is 2.22. The maximum absolute atomic E-state index is 11.3. The van der Waals surface area contributed by atoms with Gasteiger partial charge in [-0.1, -0.05) is 13.8 Å². The molecule has 0 aliphatic carbocycles. The Morgan fingerprint density at radius 2 is 2.24 bits per heavy atom. The van der Waals surface area contributed by atoms with Crippen LogP contribution in [0.5, 0.6) is 0 Å². The highest BCUT2D eigenvalue weighted by atomic mass is 16.4. The van der Waals surface area contributed by atoms with Crippen LogP contribution in [0.4, 0.5) is 5.82 Å². The Hall–Kier alpha value is -1.62. The molecule has 2 heterocycles. The summed E-state index contributed by atoms with van der Waals surface area (Å²) >= 11 is 0. The van der Waals surface area contributed by atoms with Gasteiger partial charge in [0.2, 0.25) is 0 Å². The van der Waals surface area contributed by atoms with E-state index in [2.05, 4.69) is 21.8 Å². The van der Waals surface area contributed by atoms with Gasteiger partial charge in [-0.25, -0.2) is 9.78 Å². The van der Waals surface area contributed by atoms with Crippen LogP contribution in [0.1, 0.15) is 42.2 Å². The molecule has 0 amide bonds. The molecule has 0 bridgehead atoms. The molecule has 0 aromatic carbocycles. The zero-order valence-corrected chi connectivity index (χ0v) is 13.3. The minimum absolute atomic E-state index is 0.217. The number of aromatic nitrogens is 1. The van der Waals surface area contributed by atoms with Crippen molar-refractivity contribution in [2.75, 3.05) is 38.6 Å². The molecular weight excluding hydrogens is 266 g/mol. The predicted molar refractivity (Wildman–Crippen MR) is 84.2 cm³/mol. The van der Waals surface area contributed by atoms with Gasteiger partial charge in [0.25, 0.3) is 0 Å². The van der Waals surface area contributed by atoms with Crippen molar-refractivity contribution in [3.8, 4) is 0 Å². The average molecular weight is 291 g/mol. The fourth-order valence-corrected chi connectivity index (χ4v) is 2.81. The normalized spacial score (nSPS) is 19.2. The lowest BCUT2D eigenvalue weighted by atomic mass is 10.1. The number of carboxylic acid groups (broad SMARTS) is 1. The summed E-state index contributed by atoms with van der Waals surface area (Å²) in [6, 6.07) is 3.35. The molecule has 1 unspecified atom stereocenters. The van der Waals surface area contributed by atoms with E-state index in [0.29, 0.717) is 11.5 Å². The number of carboxylic acids is 1. The van der Waals surface area contributed by atoms with E-state index >= 15 is 0 Å². The molecule has 1 N–H and O–H groups in total. The highest BCUT2D eigenvalue weighted by Gasteiger charge is 2.22. The van der Waals surface area contributed by atoms with Crippen molar-refractivity contribution in [3.63, 3.8) is 0 Å². The van der Waals surface area contributed by atoms with Crippen LogP contribution in [0.15, 0.2) is 12.1 Å². The second-order valence-electron chi connectivity index (χ2n) is 6.40. The largest absolute Gasteiger partial charge is 0.478 e. The number of aromatic carboxylic acids is 1. The van der Waals surface area contributed by atoms with Gasteiger partial charge in [-0.15, -0.1) is 0 Å². The molecule has 2 rings (SSSR count). The van der Waals surface area contributed by atoms with Crippen molar-refractivity contribution in [1.29, 1.82) is 0 Å². The Balaban J connectivity index is 2.19. The van der Waals surface area contributed by atoms with Gasteiger partial charge in [0, 0.05) is 25.8 Å². The van der Waals surface area contributed by atoms with Crippen molar-refractivity contribution in [3.05, 3.63) is 23.4 Å². The van der Waals surface area contributed by atoms with Crippen LogP contribution in [-0.2, 0) is 0 Å². The fourth-order valence-electron chi connectivity index (χ4n) is 2.81. The molecule has 1 aliphatic rings. The Labute approximate surface area is 126 Å². The number of hydrogen-bond acceptors (Lipinski definition) is 4. The third-order valence-corrected chi connectivity index (χ3v) is 4.08. The van der Waals surface area contributed by atoms with E-state index < -0.39 is 5.97 Å². The van der Waals surface area contributed by atoms with E-state index in [-0.39, 0.29) is 5.92 Å². The van der Waals surface area contributed by atoms with E-state index in [1.165, 1.54) is 6.42 Å². The van der Waals surface area contributed by atoms with Gasteiger partial charge in [0.1, 0.15) is 5.82 Å². The summed E-state index contributed by atoms with van der Waals surface area (Å²) in [5.74, 6) is 0.703. The van der Waals surface area contributed by atoms with Crippen molar-refractivity contribution >= 4 is 11.8 Å². The Kier molecular flexibility index (Phi) is 4.83. The summed E-state index contributed by atoms with van der Waals surface area (Å²) in [5, 5.41) is 9.26. The highest BCUT2D eigenvalue weighted by molar-refractivity contribution is 5.88. The molecule has 1 fully saturated rings. The first-order chi connectivity index (χ1) is 9.86. The van der Waals surface area contributed by atoms with Crippen LogP contribution in [0, 0.1) is 5.92 Å². The number of likely N-dealkylation sites (tertiary alicyclic amines) is 1. The van der Waals surface area contributed by atoms with Crippen molar-refractivity contribution in [2.45, 2.75) is 26.2 Å². The van der Waals surface area contributed by atoms with Crippen LogP contribution in [0.2, 0.25) is 0 Å². The Bertz CT molecular complexity index is 516. The lowest BCUT2D eigenvalue weighted by Gasteiger charge is -2.23.